The van der Waals surface area contributed by atoms with E-state index in [1.54, 1.807) is 19.1 Å². The summed E-state index contributed by atoms with van der Waals surface area (Å²) >= 11 is 0. The van der Waals surface area contributed by atoms with Crippen molar-refractivity contribution < 1.29 is 23.5 Å². The third-order valence-electron chi connectivity index (χ3n) is 6.74. The second kappa shape index (κ2) is 9.97. The molecule has 0 aliphatic carbocycles. The predicted octanol–water partition coefficient (Wildman–Crippen LogP) is 3.30. The van der Waals surface area contributed by atoms with E-state index in [9.17, 15) is 9.59 Å². The Hall–Kier alpha value is -2.84. The van der Waals surface area contributed by atoms with Gasteiger partial charge < -0.3 is 18.8 Å². The smallest absolute Gasteiger partial charge is 0.328 e. The highest BCUT2D eigenvalue weighted by Crippen LogP contribution is 2.38. The fraction of sp³-hybridized carbons (Fsp3) is 0.520. The van der Waals surface area contributed by atoms with Crippen molar-refractivity contribution in [3.8, 4) is 5.75 Å². The van der Waals surface area contributed by atoms with E-state index >= 15 is 0 Å². The minimum Gasteiger partial charge on any atom is -0.497 e. The van der Waals surface area contributed by atoms with Gasteiger partial charge in [-0.1, -0.05) is 19.1 Å². The van der Waals surface area contributed by atoms with Crippen LogP contribution in [0.25, 0.3) is 0 Å². The van der Waals surface area contributed by atoms with Crippen LogP contribution < -0.4 is 4.74 Å². The van der Waals surface area contributed by atoms with Gasteiger partial charge in [0, 0.05) is 33.2 Å². The lowest BCUT2D eigenvalue weighted by Crippen LogP contribution is -2.57. The standard InChI is InChI=1S/C25H33N3O5/c1-4-20-8-9-22(33-20)18-26-12-10-25(11-13-26)23(29)27(24(30)28(25)14-15-31-2)17-19-6-5-7-21(16-19)32-3/h5-9,16H,4,10-15,17-18H2,1-3H3. The molecule has 0 bridgehead atoms. The summed E-state index contributed by atoms with van der Waals surface area (Å²) < 4.78 is 16.4. The van der Waals surface area contributed by atoms with Crippen molar-refractivity contribution in [2.45, 2.75) is 44.8 Å². The quantitative estimate of drug-likeness (QED) is 0.540. The van der Waals surface area contributed by atoms with E-state index in [0.29, 0.717) is 38.3 Å². The molecule has 2 fully saturated rings. The van der Waals surface area contributed by atoms with Gasteiger partial charge in [0.2, 0.25) is 0 Å². The number of methoxy groups -OCH3 is 2. The molecule has 0 unspecified atom stereocenters. The number of carbonyl (C=O) groups excluding carboxylic acids is 2. The van der Waals surface area contributed by atoms with Crippen molar-refractivity contribution >= 4 is 11.9 Å². The van der Waals surface area contributed by atoms with Gasteiger partial charge in [0.25, 0.3) is 5.91 Å². The summed E-state index contributed by atoms with van der Waals surface area (Å²) in [5, 5.41) is 0. The van der Waals surface area contributed by atoms with Crippen LogP contribution in [0.4, 0.5) is 4.79 Å². The van der Waals surface area contributed by atoms with Gasteiger partial charge in [0.15, 0.2) is 0 Å². The number of furan rings is 1. The zero-order valence-electron chi connectivity index (χ0n) is 19.7. The lowest BCUT2D eigenvalue weighted by atomic mass is 9.85. The summed E-state index contributed by atoms with van der Waals surface area (Å²) in [6.45, 7) is 5.24. The average Bonchev–Trinajstić information content (AvgIpc) is 3.37. The molecule has 2 saturated heterocycles. The molecule has 0 N–H and O–H groups in total. The molecule has 0 atom stereocenters. The number of rotatable bonds is 9. The maximum Gasteiger partial charge on any atom is 0.328 e. The van der Waals surface area contributed by atoms with Crippen LogP contribution in [0.3, 0.4) is 0 Å². The number of nitrogens with zero attached hydrogens (tertiary/aromatic N) is 3. The van der Waals surface area contributed by atoms with Crippen LogP contribution in [0.5, 0.6) is 5.75 Å². The summed E-state index contributed by atoms with van der Waals surface area (Å²) in [5.74, 6) is 2.51. The Bertz CT molecular complexity index is 980. The molecule has 8 nitrogen and oxygen atoms in total. The fourth-order valence-corrected chi connectivity index (χ4v) is 4.85. The third kappa shape index (κ3) is 4.63. The number of aryl methyl sites for hydroxylation is 1. The average molecular weight is 456 g/mol. The SMILES string of the molecule is CCc1ccc(CN2CCC3(CC2)C(=O)N(Cc2cccc(OC)c2)C(=O)N3CCOC)o1. The van der Waals surface area contributed by atoms with Gasteiger partial charge in [-0.05, 0) is 42.7 Å². The molecule has 0 saturated carbocycles. The first-order chi connectivity index (χ1) is 16.0. The Labute approximate surface area is 195 Å². The van der Waals surface area contributed by atoms with Gasteiger partial charge in [-0.15, -0.1) is 0 Å². The Balaban J connectivity index is 1.50. The maximum absolute atomic E-state index is 13.7. The Morgan fingerprint density at radius 2 is 1.79 bits per heavy atom. The Morgan fingerprint density at radius 1 is 1.03 bits per heavy atom. The largest absolute Gasteiger partial charge is 0.497 e. The highest BCUT2D eigenvalue weighted by Gasteiger charge is 2.57. The molecule has 1 aromatic heterocycles. The molecule has 2 aliphatic rings. The normalized spacial score (nSPS) is 18.5. The van der Waals surface area contributed by atoms with E-state index in [1.165, 1.54) is 4.90 Å². The van der Waals surface area contributed by atoms with Gasteiger partial charge in [0.1, 0.15) is 22.8 Å². The number of urea groups is 1. The number of ether oxygens (including phenoxy) is 2. The second-order valence-corrected chi connectivity index (χ2v) is 8.70. The first kappa shape index (κ1) is 23.3. The van der Waals surface area contributed by atoms with Crippen molar-refractivity contribution in [1.29, 1.82) is 0 Å². The van der Waals surface area contributed by atoms with Gasteiger partial charge in [-0.2, -0.15) is 0 Å². The minimum atomic E-state index is -0.817. The zero-order valence-corrected chi connectivity index (χ0v) is 19.7. The summed E-state index contributed by atoms with van der Waals surface area (Å²) in [4.78, 5) is 32.5. The van der Waals surface area contributed by atoms with Crippen LogP contribution in [0.2, 0.25) is 0 Å². The number of hydrogen-bond donors (Lipinski definition) is 0. The van der Waals surface area contributed by atoms with Gasteiger partial charge in [0.05, 0.1) is 26.8 Å². The highest BCUT2D eigenvalue weighted by atomic mass is 16.5. The van der Waals surface area contributed by atoms with E-state index in [-0.39, 0.29) is 18.5 Å². The number of piperidine rings is 1. The molecule has 3 amide bonds. The minimum absolute atomic E-state index is 0.114. The molecular formula is C25H33N3O5. The Kier molecular flexibility index (Phi) is 7.05. The van der Waals surface area contributed by atoms with E-state index in [2.05, 4.69) is 11.8 Å². The van der Waals surface area contributed by atoms with Crippen molar-refractivity contribution in [3.05, 3.63) is 53.5 Å². The second-order valence-electron chi connectivity index (χ2n) is 8.70. The molecule has 8 heteroatoms. The van der Waals surface area contributed by atoms with Crippen LogP contribution in [0.1, 0.15) is 36.8 Å². The number of carbonyl (C=O) groups is 2. The number of imide groups is 1. The van der Waals surface area contributed by atoms with Crippen LogP contribution in [0, 0.1) is 0 Å². The van der Waals surface area contributed by atoms with Gasteiger partial charge in [-0.3, -0.25) is 14.6 Å². The van der Waals surface area contributed by atoms with Crippen molar-refractivity contribution in [1.82, 2.24) is 14.7 Å². The molecule has 1 aromatic carbocycles. The van der Waals surface area contributed by atoms with Crippen LogP contribution in [-0.4, -0.2) is 72.6 Å². The molecule has 33 heavy (non-hydrogen) atoms. The van der Waals surface area contributed by atoms with Crippen LogP contribution in [0.15, 0.2) is 40.8 Å². The van der Waals surface area contributed by atoms with E-state index < -0.39 is 5.54 Å². The topological polar surface area (TPSA) is 75.5 Å². The molecule has 0 radical (unpaired) electrons. The van der Waals surface area contributed by atoms with Crippen molar-refractivity contribution in [3.63, 3.8) is 0 Å². The summed E-state index contributed by atoms with van der Waals surface area (Å²) in [7, 11) is 3.21. The fourth-order valence-electron chi connectivity index (χ4n) is 4.85. The number of amides is 3. The first-order valence-corrected chi connectivity index (χ1v) is 11.6. The lowest BCUT2D eigenvalue weighted by molar-refractivity contribution is -0.136. The predicted molar refractivity (Wildman–Crippen MR) is 123 cm³/mol. The van der Waals surface area contributed by atoms with E-state index in [4.69, 9.17) is 13.9 Å². The number of hydrogen-bond acceptors (Lipinski definition) is 6. The molecular weight excluding hydrogens is 422 g/mol. The Morgan fingerprint density at radius 3 is 2.45 bits per heavy atom. The van der Waals surface area contributed by atoms with Gasteiger partial charge in [-0.25, -0.2) is 4.79 Å². The molecule has 3 heterocycles. The molecule has 178 valence electrons. The van der Waals surface area contributed by atoms with Crippen LogP contribution in [-0.2, 0) is 29.0 Å². The lowest BCUT2D eigenvalue weighted by Gasteiger charge is -2.42. The zero-order chi connectivity index (χ0) is 23.4. The molecule has 2 aromatic rings. The summed E-state index contributed by atoms with van der Waals surface area (Å²) in [6, 6.07) is 11.3. The number of likely N-dealkylation sites (tertiary alicyclic amines) is 1. The molecule has 4 rings (SSSR count). The monoisotopic (exact) mass is 455 g/mol. The highest BCUT2D eigenvalue weighted by molar-refractivity contribution is 6.07. The van der Waals surface area contributed by atoms with Gasteiger partial charge >= 0.3 is 6.03 Å². The summed E-state index contributed by atoms with van der Waals surface area (Å²) in [6.07, 6.45) is 2.06. The van der Waals surface area contributed by atoms with Crippen molar-refractivity contribution in [2.24, 2.45) is 0 Å². The van der Waals surface area contributed by atoms with Crippen molar-refractivity contribution in [2.75, 3.05) is 40.5 Å². The van der Waals surface area contributed by atoms with Crippen LogP contribution >= 0.6 is 0 Å². The molecule has 2 aliphatic heterocycles. The number of benzene rings is 1. The van der Waals surface area contributed by atoms with E-state index in [0.717, 1.165) is 36.6 Å². The first-order valence-electron chi connectivity index (χ1n) is 11.6. The van der Waals surface area contributed by atoms with E-state index in [1.807, 2.05) is 36.4 Å². The third-order valence-corrected chi connectivity index (χ3v) is 6.74. The molecule has 1 spiro atoms. The summed E-state index contributed by atoms with van der Waals surface area (Å²) in [5.41, 5.74) is 0.0460. The maximum atomic E-state index is 13.7.